The van der Waals surface area contributed by atoms with E-state index >= 15 is 0 Å². The molecule has 0 amide bonds. The molecule has 0 aromatic carbocycles. The normalized spacial score (nSPS) is 14.6. The maximum Gasteiger partial charge on any atom is 0.111 e. The molecule has 4 heteroatoms. The average molecular weight is 286 g/mol. The van der Waals surface area contributed by atoms with Gasteiger partial charge in [-0.25, -0.2) is 0 Å². The van der Waals surface area contributed by atoms with Crippen molar-refractivity contribution < 1.29 is 0 Å². The molecule has 21 heavy (non-hydrogen) atoms. The van der Waals surface area contributed by atoms with Gasteiger partial charge in [-0.1, -0.05) is 6.92 Å². The molecule has 2 heterocycles. The Balaban J connectivity index is 2.07. The van der Waals surface area contributed by atoms with Gasteiger partial charge in [0.2, 0.25) is 0 Å². The molecule has 0 aliphatic heterocycles. The molecule has 1 aliphatic carbocycles. The van der Waals surface area contributed by atoms with Gasteiger partial charge in [-0.3, -0.25) is 9.67 Å². The molecule has 0 radical (unpaired) electrons. The molecule has 1 aliphatic rings. The summed E-state index contributed by atoms with van der Waals surface area (Å²) in [6, 6.07) is 0. The highest BCUT2D eigenvalue weighted by atomic mass is 15.3. The van der Waals surface area contributed by atoms with Crippen molar-refractivity contribution in [3.05, 3.63) is 23.1 Å². The summed E-state index contributed by atoms with van der Waals surface area (Å²) in [5.74, 6) is 0. The standard InChI is InChI=1S/C17H26N4/c1-2-11-21-16(9-5-6-10-18)17-13-7-3-4-8-14(13)19-12-15(17)20-21/h12H,2-11,18H2,1H3. The summed E-state index contributed by atoms with van der Waals surface area (Å²) in [5, 5.41) is 6.22. The highest BCUT2D eigenvalue weighted by Gasteiger charge is 2.20. The van der Waals surface area contributed by atoms with Crippen LogP contribution in [-0.2, 0) is 25.8 Å². The molecule has 3 rings (SSSR count). The van der Waals surface area contributed by atoms with E-state index in [2.05, 4.69) is 16.6 Å². The third-order valence-corrected chi connectivity index (χ3v) is 4.47. The lowest BCUT2D eigenvalue weighted by molar-refractivity contribution is 0.568. The van der Waals surface area contributed by atoms with E-state index in [1.807, 2.05) is 6.20 Å². The summed E-state index contributed by atoms with van der Waals surface area (Å²) in [7, 11) is 0. The first-order chi connectivity index (χ1) is 10.3. The van der Waals surface area contributed by atoms with Crippen LogP contribution in [0.4, 0.5) is 0 Å². The number of fused-ring (bicyclic) bond motifs is 3. The van der Waals surface area contributed by atoms with E-state index in [4.69, 9.17) is 10.8 Å². The molecule has 0 spiro atoms. The third-order valence-electron chi connectivity index (χ3n) is 4.47. The lowest BCUT2D eigenvalue weighted by Gasteiger charge is -2.16. The van der Waals surface area contributed by atoms with Gasteiger partial charge in [0.25, 0.3) is 0 Å². The van der Waals surface area contributed by atoms with Gasteiger partial charge in [0, 0.05) is 23.3 Å². The van der Waals surface area contributed by atoms with Crippen LogP contribution < -0.4 is 5.73 Å². The van der Waals surface area contributed by atoms with Gasteiger partial charge < -0.3 is 5.73 Å². The predicted octanol–water partition coefficient (Wildman–Crippen LogP) is 3.00. The monoisotopic (exact) mass is 286 g/mol. The van der Waals surface area contributed by atoms with Gasteiger partial charge in [-0.2, -0.15) is 5.10 Å². The maximum absolute atomic E-state index is 5.66. The van der Waals surface area contributed by atoms with Crippen LogP contribution in [0.3, 0.4) is 0 Å². The lowest BCUT2D eigenvalue weighted by Crippen LogP contribution is -2.08. The number of nitrogens with two attached hydrogens (primary N) is 1. The summed E-state index contributed by atoms with van der Waals surface area (Å²) in [6.45, 7) is 3.99. The molecule has 114 valence electrons. The van der Waals surface area contributed by atoms with Gasteiger partial charge in [-0.05, 0) is 63.5 Å². The van der Waals surface area contributed by atoms with Crippen LogP contribution in [0.1, 0.15) is 56.0 Å². The van der Waals surface area contributed by atoms with Crippen LogP contribution in [0.5, 0.6) is 0 Å². The summed E-state index contributed by atoms with van der Waals surface area (Å²) in [5.41, 5.74) is 10.9. The van der Waals surface area contributed by atoms with Crippen molar-refractivity contribution >= 4 is 10.9 Å². The lowest BCUT2D eigenvalue weighted by atomic mass is 9.92. The maximum atomic E-state index is 5.66. The molecule has 2 N–H and O–H groups in total. The number of hydrogen-bond acceptors (Lipinski definition) is 3. The molecular formula is C17H26N4. The van der Waals surface area contributed by atoms with Crippen LogP contribution in [0.2, 0.25) is 0 Å². The zero-order valence-corrected chi connectivity index (χ0v) is 13.1. The van der Waals surface area contributed by atoms with Crippen LogP contribution in [0, 0.1) is 0 Å². The summed E-state index contributed by atoms with van der Waals surface area (Å²) in [6.07, 6.45) is 11.3. The number of aromatic nitrogens is 3. The third kappa shape index (κ3) is 2.82. The van der Waals surface area contributed by atoms with E-state index in [0.29, 0.717) is 0 Å². The Hall–Kier alpha value is -1.42. The number of unbranched alkanes of at least 4 members (excludes halogenated alkanes) is 1. The Labute approximate surface area is 126 Å². The SMILES string of the molecule is CCCn1nc2cnc3c(c2c1CCCCN)CCCC3. The van der Waals surface area contributed by atoms with Gasteiger partial charge >= 0.3 is 0 Å². The minimum Gasteiger partial charge on any atom is -0.330 e. The molecule has 0 unspecified atom stereocenters. The van der Waals surface area contributed by atoms with E-state index in [9.17, 15) is 0 Å². The van der Waals surface area contributed by atoms with Crippen LogP contribution >= 0.6 is 0 Å². The fourth-order valence-corrected chi connectivity index (χ4v) is 3.46. The summed E-state index contributed by atoms with van der Waals surface area (Å²) >= 11 is 0. The fraction of sp³-hybridized carbons (Fsp3) is 0.647. The molecule has 2 aromatic heterocycles. The quantitative estimate of drug-likeness (QED) is 0.831. The number of hydrogen-bond donors (Lipinski definition) is 1. The van der Waals surface area contributed by atoms with E-state index in [-0.39, 0.29) is 0 Å². The largest absolute Gasteiger partial charge is 0.330 e. The minimum absolute atomic E-state index is 0.777. The first-order valence-corrected chi connectivity index (χ1v) is 8.41. The Kier molecular flexibility index (Phi) is 4.54. The van der Waals surface area contributed by atoms with Gasteiger partial charge in [0.15, 0.2) is 0 Å². The molecule has 0 fully saturated rings. The zero-order valence-electron chi connectivity index (χ0n) is 13.1. The van der Waals surface area contributed by atoms with Crippen LogP contribution in [0.25, 0.3) is 10.9 Å². The van der Waals surface area contributed by atoms with E-state index in [1.54, 1.807) is 0 Å². The van der Waals surface area contributed by atoms with Crippen molar-refractivity contribution in [2.24, 2.45) is 5.73 Å². The fourth-order valence-electron chi connectivity index (χ4n) is 3.46. The predicted molar refractivity (Wildman–Crippen MR) is 86.5 cm³/mol. The second kappa shape index (κ2) is 6.56. The topological polar surface area (TPSA) is 56.7 Å². The van der Waals surface area contributed by atoms with Crippen molar-refractivity contribution in [1.82, 2.24) is 14.8 Å². The molecule has 2 aromatic rings. The molecule has 0 atom stereocenters. The first-order valence-electron chi connectivity index (χ1n) is 8.41. The van der Waals surface area contributed by atoms with Crippen molar-refractivity contribution in [1.29, 1.82) is 0 Å². The zero-order chi connectivity index (χ0) is 14.7. The first kappa shape index (κ1) is 14.5. The summed E-state index contributed by atoms with van der Waals surface area (Å²) in [4.78, 5) is 4.66. The smallest absolute Gasteiger partial charge is 0.111 e. The molecule has 0 bridgehead atoms. The van der Waals surface area contributed by atoms with Crippen molar-refractivity contribution in [2.45, 2.75) is 64.8 Å². The highest BCUT2D eigenvalue weighted by molar-refractivity contribution is 5.85. The number of aryl methyl sites for hydroxylation is 4. The highest BCUT2D eigenvalue weighted by Crippen LogP contribution is 2.30. The number of rotatable bonds is 6. The molecule has 0 saturated carbocycles. The van der Waals surface area contributed by atoms with Crippen molar-refractivity contribution in [3.8, 4) is 0 Å². The Morgan fingerprint density at radius 1 is 1.24 bits per heavy atom. The van der Waals surface area contributed by atoms with Gasteiger partial charge in [0.1, 0.15) is 5.52 Å². The Bertz CT molecular complexity index is 615. The molecular weight excluding hydrogens is 260 g/mol. The molecule has 0 saturated heterocycles. The van der Waals surface area contributed by atoms with Crippen LogP contribution in [-0.4, -0.2) is 21.3 Å². The van der Waals surface area contributed by atoms with Crippen molar-refractivity contribution in [2.75, 3.05) is 6.54 Å². The van der Waals surface area contributed by atoms with E-state index < -0.39 is 0 Å². The van der Waals surface area contributed by atoms with E-state index in [0.717, 1.165) is 50.7 Å². The van der Waals surface area contributed by atoms with Crippen LogP contribution in [0.15, 0.2) is 6.20 Å². The average Bonchev–Trinajstić information content (AvgIpc) is 2.86. The second-order valence-corrected chi connectivity index (χ2v) is 6.07. The Morgan fingerprint density at radius 2 is 2.10 bits per heavy atom. The summed E-state index contributed by atoms with van der Waals surface area (Å²) < 4.78 is 2.22. The minimum atomic E-state index is 0.777. The Morgan fingerprint density at radius 3 is 2.90 bits per heavy atom. The number of nitrogens with zero attached hydrogens (tertiary/aromatic N) is 3. The second-order valence-electron chi connectivity index (χ2n) is 6.07. The van der Waals surface area contributed by atoms with E-state index in [1.165, 1.54) is 41.6 Å². The van der Waals surface area contributed by atoms with Crippen molar-refractivity contribution in [3.63, 3.8) is 0 Å². The number of pyridine rings is 1. The van der Waals surface area contributed by atoms with Gasteiger partial charge in [0.05, 0.1) is 6.20 Å². The molecule has 4 nitrogen and oxygen atoms in total. The van der Waals surface area contributed by atoms with Gasteiger partial charge in [-0.15, -0.1) is 0 Å².